The summed E-state index contributed by atoms with van der Waals surface area (Å²) in [6.07, 6.45) is 1.53. The lowest BCUT2D eigenvalue weighted by Crippen LogP contribution is -2.13. The average Bonchev–Trinajstić information content (AvgIpc) is 2.34. The van der Waals surface area contributed by atoms with Crippen LogP contribution in [0.1, 0.15) is 11.8 Å². The first-order chi connectivity index (χ1) is 4.74. The fraction of sp³-hybridized carbons (Fsp3) is 0.333. The number of halogens is 1. The summed E-state index contributed by atoms with van der Waals surface area (Å²) in [6, 6.07) is 1.33. The number of nitrogens with two attached hydrogens (primary N) is 1. The summed E-state index contributed by atoms with van der Waals surface area (Å²) in [5.74, 6) is 0.592. The molecule has 1 aromatic rings. The quantitative estimate of drug-likeness (QED) is 0.759. The first-order valence-corrected chi connectivity index (χ1v) is 3.63. The molecule has 0 radical (unpaired) electrons. The highest BCUT2D eigenvalue weighted by Gasteiger charge is 2.07. The molecule has 1 atom stereocenters. The van der Waals surface area contributed by atoms with Crippen molar-refractivity contribution in [2.24, 2.45) is 5.73 Å². The third-order valence-electron chi connectivity index (χ3n) is 1.15. The fourth-order valence-corrected chi connectivity index (χ4v) is 0.932. The highest BCUT2D eigenvalue weighted by Crippen LogP contribution is 2.18. The van der Waals surface area contributed by atoms with E-state index in [0.29, 0.717) is 5.76 Å². The summed E-state index contributed by atoms with van der Waals surface area (Å²) in [6.45, 7) is -0.0973. The highest BCUT2D eigenvalue weighted by molar-refractivity contribution is 9.10. The van der Waals surface area contributed by atoms with Crippen LogP contribution in [-0.2, 0) is 0 Å². The number of hydrogen-bond donors (Lipinski definition) is 2. The molecule has 0 aliphatic carbocycles. The second-order valence-electron chi connectivity index (χ2n) is 1.96. The Morgan fingerprint density at radius 3 is 2.90 bits per heavy atom. The van der Waals surface area contributed by atoms with E-state index in [1.807, 2.05) is 0 Å². The van der Waals surface area contributed by atoms with E-state index < -0.39 is 6.04 Å². The van der Waals surface area contributed by atoms with Gasteiger partial charge in [0.1, 0.15) is 12.0 Å². The molecule has 3 nitrogen and oxygen atoms in total. The van der Waals surface area contributed by atoms with Crippen LogP contribution in [0.15, 0.2) is 21.2 Å². The largest absolute Gasteiger partial charge is 0.466 e. The van der Waals surface area contributed by atoms with E-state index in [0.717, 1.165) is 4.47 Å². The fourth-order valence-electron chi connectivity index (χ4n) is 0.613. The molecule has 0 unspecified atom stereocenters. The first kappa shape index (κ1) is 7.78. The van der Waals surface area contributed by atoms with E-state index in [4.69, 9.17) is 15.3 Å². The van der Waals surface area contributed by atoms with Crippen LogP contribution in [0, 0.1) is 0 Å². The molecular weight excluding hydrogens is 198 g/mol. The second kappa shape index (κ2) is 3.18. The molecule has 1 heterocycles. The summed E-state index contributed by atoms with van der Waals surface area (Å²) in [5, 5.41) is 8.60. The lowest BCUT2D eigenvalue weighted by atomic mass is 10.2. The highest BCUT2D eigenvalue weighted by atomic mass is 79.9. The Kier molecular flexibility index (Phi) is 2.48. The smallest absolute Gasteiger partial charge is 0.123 e. The van der Waals surface area contributed by atoms with E-state index >= 15 is 0 Å². The molecule has 4 heteroatoms. The Bertz CT molecular complexity index is 211. The van der Waals surface area contributed by atoms with Gasteiger partial charge < -0.3 is 15.3 Å². The second-order valence-corrected chi connectivity index (χ2v) is 2.87. The van der Waals surface area contributed by atoms with E-state index in [2.05, 4.69) is 15.9 Å². The van der Waals surface area contributed by atoms with E-state index in [9.17, 15) is 0 Å². The van der Waals surface area contributed by atoms with Crippen molar-refractivity contribution in [2.75, 3.05) is 6.61 Å². The van der Waals surface area contributed by atoms with Gasteiger partial charge >= 0.3 is 0 Å². The topological polar surface area (TPSA) is 59.4 Å². The van der Waals surface area contributed by atoms with Gasteiger partial charge in [-0.15, -0.1) is 0 Å². The lowest BCUT2D eigenvalue weighted by molar-refractivity contribution is 0.252. The Morgan fingerprint density at radius 2 is 2.50 bits per heavy atom. The van der Waals surface area contributed by atoms with Crippen molar-refractivity contribution in [1.82, 2.24) is 0 Å². The molecule has 10 heavy (non-hydrogen) atoms. The van der Waals surface area contributed by atoms with Gasteiger partial charge in [-0.2, -0.15) is 0 Å². The van der Waals surface area contributed by atoms with Gasteiger partial charge in [-0.1, -0.05) is 0 Å². The van der Waals surface area contributed by atoms with Crippen LogP contribution < -0.4 is 5.73 Å². The summed E-state index contributed by atoms with van der Waals surface area (Å²) in [5.41, 5.74) is 5.44. The molecule has 0 fully saturated rings. The molecule has 0 saturated carbocycles. The van der Waals surface area contributed by atoms with Crippen molar-refractivity contribution < 1.29 is 9.52 Å². The van der Waals surface area contributed by atoms with Crippen molar-refractivity contribution in [3.05, 3.63) is 22.6 Å². The van der Waals surface area contributed by atoms with Crippen LogP contribution in [-0.4, -0.2) is 11.7 Å². The minimum atomic E-state index is -0.411. The molecule has 0 aromatic carbocycles. The van der Waals surface area contributed by atoms with Gasteiger partial charge in [0.05, 0.1) is 17.1 Å². The Hall–Kier alpha value is -0.320. The standard InChI is InChI=1S/C6H8BrNO2/c7-4-1-6(10-3-4)5(8)2-9/h1,3,5,9H,2,8H2/t5-/m1/s1. The van der Waals surface area contributed by atoms with Gasteiger partial charge in [-0.25, -0.2) is 0 Å². The van der Waals surface area contributed by atoms with Crippen LogP contribution >= 0.6 is 15.9 Å². The van der Waals surface area contributed by atoms with Crippen LogP contribution in [0.5, 0.6) is 0 Å². The zero-order chi connectivity index (χ0) is 7.56. The van der Waals surface area contributed by atoms with Crippen molar-refractivity contribution in [1.29, 1.82) is 0 Å². The first-order valence-electron chi connectivity index (χ1n) is 2.84. The molecule has 1 aromatic heterocycles. The maximum Gasteiger partial charge on any atom is 0.123 e. The molecule has 1 rings (SSSR count). The van der Waals surface area contributed by atoms with Crippen molar-refractivity contribution in [3.8, 4) is 0 Å². The molecule has 0 spiro atoms. The molecule has 0 aliphatic heterocycles. The van der Waals surface area contributed by atoms with Crippen LogP contribution in [0.3, 0.4) is 0 Å². The third-order valence-corrected chi connectivity index (χ3v) is 1.57. The summed E-state index contributed by atoms with van der Waals surface area (Å²) in [4.78, 5) is 0. The number of furan rings is 1. The molecule has 0 bridgehead atoms. The predicted molar refractivity (Wildman–Crippen MR) is 40.4 cm³/mol. The minimum absolute atomic E-state index is 0.0973. The SMILES string of the molecule is N[C@H](CO)c1cc(Br)co1. The summed E-state index contributed by atoms with van der Waals surface area (Å²) in [7, 11) is 0. The number of hydrogen-bond acceptors (Lipinski definition) is 3. The molecular formula is C6H8BrNO2. The minimum Gasteiger partial charge on any atom is -0.466 e. The molecule has 0 aliphatic rings. The zero-order valence-electron chi connectivity index (χ0n) is 5.25. The Morgan fingerprint density at radius 1 is 1.80 bits per heavy atom. The van der Waals surface area contributed by atoms with E-state index in [-0.39, 0.29) is 6.61 Å². The monoisotopic (exact) mass is 205 g/mol. The van der Waals surface area contributed by atoms with Crippen LogP contribution in [0.4, 0.5) is 0 Å². The van der Waals surface area contributed by atoms with Crippen molar-refractivity contribution in [2.45, 2.75) is 6.04 Å². The van der Waals surface area contributed by atoms with Gasteiger partial charge in [0.15, 0.2) is 0 Å². The number of aliphatic hydroxyl groups is 1. The molecule has 56 valence electrons. The van der Waals surface area contributed by atoms with Crippen LogP contribution in [0.25, 0.3) is 0 Å². The number of aliphatic hydroxyl groups excluding tert-OH is 1. The van der Waals surface area contributed by atoms with Gasteiger partial charge in [-0.3, -0.25) is 0 Å². The van der Waals surface area contributed by atoms with Crippen molar-refractivity contribution >= 4 is 15.9 Å². The Labute approximate surface area is 67.0 Å². The van der Waals surface area contributed by atoms with E-state index in [1.54, 1.807) is 6.07 Å². The van der Waals surface area contributed by atoms with E-state index in [1.165, 1.54) is 6.26 Å². The molecule has 0 amide bonds. The summed E-state index contributed by atoms with van der Waals surface area (Å²) < 4.78 is 5.82. The molecule has 0 saturated heterocycles. The zero-order valence-corrected chi connectivity index (χ0v) is 6.84. The predicted octanol–water partition coefficient (Wildman–Crippen LogP) is 1.03. The average molecular weight is 206 g/mol. The lowest BCUT2D eigenvalue weighted by Gasteiger charge is -2.01. The van der Waals surface area contributed by atoms with Gasteiger partial charge in [-0.05, 0) is 22.0 Å². The maximum absolute atomic E-state index is 8.60. The number of rotatable bonds is 2. The molecule has 3 N–H and O–H groups in total. The van der Waals surface area contributed by atoms with Crippen molar-refractivity contribution in [3.63, 3.8) is 0 Å². The Balaban J connectivity index is 2.74. The normalized spacial score (nSPS) is 13.5. The third kappa shape index (κ3) is 1.59. The van der Waals surface area contributed by atoms with Gasteiger partial charge in [0.25, 0.3) is 0 Å². The van der Waals surface area contributed by atoms with Gasteiger partial charge in [0, 0.05) is 0 Å². The van der Waals surface area contributed by atoms with Crippen LogP contribution in [0.2, 0.25) is 0 Å². The summed E-state index contributed by atoms with van der Waals surface area (Å²) >= 11 is 3.20. The maximum atomic E-state index is 8.60. The van der Waals surface area contributed by atoms with Gasteiger partial charge in [0.2, 0.25) is 0 Å².